The minimum absolute atomic E-state index is 0.0172. The van der Waals surface area contributed by atoms with E-state index in [-0.39, 0.29) is 43.4 Å². The molecule has 1 aliphatic heterocycles. The van der Waals surface area contributed by atoms with Crippen molar-refractivity contribution in [1.29, 1.82) is 0 Å². The molecule has 13 atom stereocenters. The van der Waals surface area contributed by atoms with Crippen LogP contribution in [0.4, 0.5) is 0 Å². The van der Waals surface area contributed by atoms with Crippen molar-refractivity contribution in [2.24, 2.45) is 29.6 Å². The first-order valence-corrected chi connectivity index (χ1v) is 28.8. The number of carbonyl (C=O) groups is 11. The Morgan fingerprint density at radius 3 is 1.40 bits per heavy atom. The summed E-state index contributed by atoms with van der Waals surface area (Å²) in [7, 11) is 9.48. The molecule has 82 heavy (non-hydrogen) atoms. The molecule has 0 bridgehead atoms. The van der Waals surface area contributed by atoms with E-state index in [1.54, 1.807) is 60.6 Å². The first-order chi connectivity index (χ1) is 37.8. The van der Waals surface area contributed by atoms with Gasteiger partial charge in [0.1, 0.15) is 60.4 Å². The van der Waals surface area contributed by atoms with Crippen LogP contribution in [0, 0.1) is 29.6 Å². The van der Waals surface area contributed by atoms with Gasteiger partial charge in [-0.2, -0.15) is 0 Å². The average Bonchev–Trinajstić information content (AvgIpc) is 3.43. The Hall–Kier alpha value is -6.17. The lowest BCUT2D eigenvalue weighted by molar-refractivity contribution is -0.157. The Bertz CT molecular complexity index is 2260. The van der Waals surface area contributed by atoms with Crippen LogP contribution < -0.4 is 21.3 Å². The number of allylic oxidation sites excluding steroid dienone is 2. The van der Waals surface area contributed by atoms with Crippen molar-refractivity contribution in [1.82, 2.24) is 55.6 Å². The second-order valence-electron chi connectivity index (χ2n) is 24.1. The maximum absolute atomic E-state index is 15.1. The number of likely N-dealkylation sites (N-methyl/N-ethyl adjacent to an activating group) is 7. The van der Waals surface area contributed by atoms with Gasteiger partial charge in [0.05, 0.1) is 18.8 Å². The summed E-state index contributed by atoms with van der Waals surface area (Å²) in [6.45, 7) is 24.4. The zero-order valence-electron chi connectivity index (χ0n) is 53.2. The van der Waals surface area contributed by atoms with Crippen molar-refractivity contribution in [3.63, 3.8) is 0 Å². The zero-order chi connectivity index (χ0) is 63.7. The third kappa shape index (κ3) is 20.0. The molecule has 1 saturated heterocycles. The van der Waals surface area contributed by atoms with Crippen LogP contribution in [0.15, 0.2) is 12.2 Å². The third-order valence-corrected chi connectivity index (χ3v) is 15.3. The lowest BCUT2D eigenvalue weighted by Crippen LogP contribution is -2.63. The molecule has 1 fully saturated rings. The van der Waals surface area contributed by atoms with Crippen molar-refractivity contribution in [2.45, 2.75) is 209 Å². The standard InChI is InChI=1S/C58H103N11O13/c1-23-25-26-35(11)48(72)47-52(76)61-40(24-2)54(78)63(16)30-44(71)67(20)46(39(15)70)51(75)62-41(27-31(3)4)55(79)64(17)38(14)50(74)59-36(12)49(73)60-37(13)53(77)65(18)42(28-32(5)6)56(80)66(19)43(29-33(7)8)57(81)68(21)45(34(9)10)58(82)69(47)22/h23,25,31-43,45-48,70,72H,24,26-30H2,1-22H3,(H,59,74)(H,60,73)(H,61,76)(H,62,75)/b25-23+/t35-,36+,37-,38+,39-,40+,41+,42+,43+,45+,46+,47+,48-/m1/s1. The van der Waals surface area contributed by atoms with Gasteiger partial charge < -0.3 is 65.8 Å². The highest BCUT2D eigenvalue weighted by Crippen LogP contribution is 2.25. The Morgan fingerprint density at radius 1 is 0.488 bits per heavy atom. The number of rotatable bonds is 13. The van der Waals surface area contributed by atoms with Crippen LogP contribution in [0.5, 0.6) is 0 Å². The molecule has 0 unspecified atom stereocenters. The molecule has 1 aliphatic rings. The van der Waals surface area contributed by atoms with Gasteiger partial charge in [-0.3, -0.25) is 52.7 Å². The van der Waals surface area contributed by atoms with Crippen LogP contribution in [0.1, 0.15) is 136 Å². The van der Waals surface area contributed by atoms with E-state index in [1.807, 2.05) is 27.7 Å². The highest BCUT2D eigenvalue weighted by molar-refractivity contribution is 5.99. The van der Waals surface area contributed by atoms with Gasteiger partial charge in [-0.15, -0.1) is 0 Å². The number of hydrogen-bond acceptors (Lipinski definition) is 13. The summed E-state index contributed by atoms with van der Waals surface area (Å²) >= 11 is 0. The molecule has 0 spiro atoms. The van der Waals surface area contributed by atoms with Gasteiger partial charge in [-0.05, 0) is 96.3 Å². The van der Waals surface area contributed by atoms with Crippen LogP contribution in [0.25, 0.3) is 0 Å². The molecule has 0 aromatic heterocycles. The fraction of sp³-hybridized carbons (Fsp3) is 0.776. The number of nitrogens with zero attached hydrogens (tertiary/aromatic N) is 7. The Balaban J connectivity index is 4.24. The largest absolute Gasteiger partial charge is 0.391 e. The number of aliphatic hydroxyl groups is 2. The van der Waals surface area contributed by atoms with Crippen LogP contribution in [0.3, 0.4) is 0 Å². The number of hydrogen-bond donors (Lipinski definition) is 6. The predicted octanol–water partition coefficient (Wildman–Crippen LogP) is 0.968. The number of nitrogens with one attached hydrogen (secondary N) is 4. The minimum Gasteiger partial charge on any atom is -0.391 e. The summed E-state index contributed by atoms with van der Waals surface area (Å²) < 4.78 is 0. The lowest BCUT2D eigenvalue weighted by Gasteiger charge is -2.41. The van der Waals surface area contributed by atoms with Gasteiger partial charge in [0, 0.05) is 49.3 Å². The van der Waals surface area contributed by atoms with E-state index >= 15 is 9.59 Å². The van der Waals surface area contributed by atoms with Gasteiger partial charge in [0.25, 0.3) is 0 Å². The summed E-state index contributed by atoms with van der Waals surface area (Å²) in [5, 5.41) is 33.5. The highest BCUT2D eigenvalue weighted by atomic mass is 16.3. The van der Waals surface area contributed by atoms with E-state index < -0.39 is 156 Å². The van der Waals surface area contributed by atoms with Crippen molar-refractivity contribution in [3.8, 4) is 0 Å². The van der Waals surface area contributed by atoms with Gasteiger partial charge >= 0.3 is 0 Å². The molecule has 468 valence electrons. The van der Waals surface area contributed by atoms with Gasteiger partial charge in [-0.1, -0.05) is 81.4 Å². The normalized spacial score (nSPS) is 27.7. The SMILES string of the molecule is C/C=C/C[C@@H](C)[C@@H](O)[C@H]1C(=O)N[C@@H](CC)C(=O)N(C)CC(=O)N(C)[C@@H]([C@@H](C)O)C(=O)N[C@@H](CC(C)C)C(=O)N(C)[C@@H](C)C(=O)N[C@@H](C)C(=O)N[C@H](C)C(=O)N(C)[C@@H](CC(C)C)C(=O)N(C)[C@@H](CC(C)C)C(=O)N(C)[C@@H](C(C)C)C(=O)N1C. The van der Waals surface area contributed by atoms with Crippen LogP contribution in [-0.2, 0) is 52.7 Å². The molecule has 0 saturated carbocycles. The summed E-state index contributed by atoms with van der Waals surface area (Å²) in [5.74, 6) is -9.98. The number of aliphatic hydroxyl groups excluding tert-OH is 2. The number of carbonyl (C=O) groups excluding carboxylic acids is 11. The zero-order valence-corrected chi connectivity index (χ0v) is 53.2. The van der Waals surface area contributed by atoms with E-state index in [1.165, 1.54) is 91.7 Å². The Morgan fingerprint density at radius 2 is 0.939 bits per heavy atom. The molecule has 0 aromatic rings. The monoisotopic (exact) mass is 1160 g/mol. The lowest BCUT2D eigenvalue weighted by atomic mass is 9.91. The van der Waals surface area contributed by atoms with Crippen LogP contribution >= 0.6 is 0 Å². The average molecular weight is 1160 g/mol. The fourth-order valence-corrected chi connectivity index (χ4v) is 10.1. The van der Waals surface area contributed by atoms with E-state index in [9.17, 15) is 53.4 Å². The van der Waals surface area contributed by atoms with Crippen LogP contribution in [-0.4, -0.2) is 238 Å². The summed E-state index contributed by atoms with van der Waals surface area (Å²) in [5.41, 5.74) is 0. The van der Waals surface area contributed by atoms with E-state index in [0.717, 1.165) is 19.6 Å². The maximum atomic E-state index is 15.1. The quantitative estimate of drug-likeness (QED) is 0.140. The minimum atomic E-state index is -1.64. The molecule has 24 nitrogen and oxygen atoms in total. The highest BCUT2D eigenvalue weighted by Gasteiger charge is 2.45. The van der Waals surface area contributed by atoms with Crippen molar-refractivity contribution in [3.05, 3.63) is 12.2 Å². The van der Waals surface area contributed by atoms with Gasteiger partial charge in [0.15, 0.2) is 0 Å². The third-order valence-electron chi connectivity index (χ3n) is 15.3. The van der Waals surface area contributed by atoms with E-state index in [4.69, 9.17) is 0 Å². The second kappa shape index (κ2) is 33.2. The molecular weight excluding hydrogens is 1060 g/mol. The smallest absolute Gasteiger partial charge is 0.246 e. The second-order valence-corrected chi connectivity index (χ2v) is 24.1. The number of amides is 11. The molecular formula is C58H103N11O13. The summed E-state index contributed by atoms with van der Waals surface area (Å²) in [6.07, 6.45) is 1.15. The Kier molecular flexibility index (Phi) is 29.9. The molecule has 24 heteroatoms. The Labute approximate surface area is 488 Å². The van der Waals surface area contributed by atoms with Gasteiger partial charge in [0.2, 0.25) is 65.0 Å². The van der Waals surface area contributed by atoms with E-state index in [0.29, 0.717) is 6.42 Å². The fourth-order valence-electron chi connectivity index (χ4n) is 10.1. The van der Waals surface area contributed by atoms with Crippen molar-refractivity contribution < 1.29 is 63.0 Å². The molecule has 6 N–H and O–H groups in total. The predicted molar refractivity (Wildman–Crippen MR) is 312 cm³/mol. The van der Waals surface area contributed by atoms with Gasteiger partial charge in [-0.25, -0.2) is 0 Å². The summed E-state index contributed by atoms with van der Waals surface area (Å²) in [4.78, 5) is 166. The molecule has 11 amide bonds. The maximum Gasteiger partial charge on any atom is 0.246 e. The topological polar surface area (TPSA) is 299 Å². The van der Waals surface area contributed by atoms with Crippen molar-refractivity contribution in [2.75, 3.05) is 55.9 Å². The first kappa shape index (κ1) is 73.8. The van der Waals surface area contributed by atoms with Crippen molar-refractivity contribution >= 4 is 65.0 Å². The molecule has 0 aromatic carbocycles. The molecule has 1 rings (SSSR count). The molecule has 0 radical (unpaired) electrons. The molecule has 0 aliphatic carbocycles. The summed E-state index contributed by atoms with van der Waals surface area (Å²) in [6, 6.07) is -13.1. The van der Waals surface area contributed by atoms with Crippen LogP contribution in [0.2, 0.25) is 0 Å². The van der Waals surface area contributed by atoms with E-state index in [2.05, 4.69) is 21.3 Å². The molecule has 1 heterocycles. The first-order valence-electron chi connectivity index (χ1n) is 28.8.